The zero-order valence-electron chi connectivity index (χ0n) is 13.0. The van der Waals surface area contributed by atoms with Crippen molar-refractivity contribution in [2.75, 3.05) is 7.11 Å². The van der Waals surface area contributed by atoms with Gasteiger partial charge in [0.15, 0.2) is 0 Å². The summed E-state index contributed by atoms with van der Waals surface area (Å²) in [5, 5.41) is 2.67. The standard InChI is InChI=1S/C12H12.C8H10O/c1-2-10-7-8-11-5-3-4-6-12(11)9-10;1-7-4-3-5-8(6-7)9-2/h3-9H,2H2,1H3;3-6H,1-2H3. The Bertz CT molecular complexity index is 701. The summed E-state index contributed by atoms with van der Waals surface area (Å²) in [7, 11) is 1.68. The smallest absolute Gasteiger partial charge is 0.119 e. The molecule has 0 aliphatic heterocycles. The van der Waals surface area contributed by atoms with E-state index in [2.05, 4.69) is 49.4 Å². The minimum absolute atomic E-state index is 0.926. The van der Waals surface area contributed by atoms with Crippen molar-refractivity contribution in [2.45, 2.75) is 20.3 Å². The van der Waals surface area contributed by atoms with Crippen LogP contribution in [0.1, 0.15) is 18.1 Å². The van der Waals surface area contributed by atoms with E-state index in [9.17, 15) is 0 Å². The van der Waals surface area contributed by atoms with Gasteiger partial charge in [-0.1, -0.05) is 61.5 Å². The summed E-state index contributed by atoms with van der Waals surface area (Å²) in [6.45, 7) is 4.23. The molecular weight excluding hydrogens is 256 g/mol. The summed E-state index contributed by atoms with van der Waals surface area (Å²) < 4.78 is 5.00. The summed E-state index contributed by atoms with van der Waals surface area (Å²) in [6, 6.07) is 23.1. The summed E-state index contributed by atoms with van der Waals surface area (Å²) in [6.07, 6.45) is 1.12. The lowest BCUT2D eigenvalue weighted by molar-refractivity contribution is 0.414. The summed E-state index contributed by atoms with van der Waals surface area (Å²) in [5.74, 6) is 0.926. The van der Waals surface area contributed by atoms with E-state index in [1.54, 1.807) is 7.11 Å². The number of aryl methyl sites for hydroxylation is 2. The van der Waals surface area contributed by atoms with Crippen molar-refractivity contribution in [1.29, 1.82) is 0 Å². The molecule has 1 heteroatoms. The maximum absolute atomic E-state index is 5.00. The minimum atomic E-state index is 0.926. The fraction of sp³-hybridized carbons (Fsp3) is 0.200. The average Bonchev–Trinajstić information content (AvgIpc) is 2.55. The van der Waals surface area contributed by atoms with Crippen molar-refractivity contribution in [3.05, 3.63) is 77.9 Å². The molecule has 0 aromatic heterocycles. The van der Waals surface area contributed by atoms with Crippen LogP contribution < -0.4 is 4.74 Å². The topological polar surface area (TPSA) is 9.23 Å². The van der Waals surface area contributed by atoms with Crippen LogP contribution in [0, 0.1) is 6.92 Å². The van der Waals surface area contributed by atoms with Gasteiger partial charge in [-0.05, 0) is 47.4 Å². The van der Waals surface area contributed by atoms with Gasteiger partial charge < -0.3 is 4.74 Å². The molecule has 3 aromatic carbocycles. The molecule has 0 fully saturated rings. The van der Waals surface area contributed by atoms with Crippen LogP contribution in [0.5, 0.6) is 5.75 Å². The number of hydrogen-bond donors (Lipinski definition) is 0. The van der Waals surface area contributed by atoms with Crippen LogP contribution in [0.15, 0.2) is 66.7 Å². The fourth-order valence-electron chi connectivity index (χ4n) is 2.20. The van der Waals surface area contributed by atoms with Gasteiger partial charge in [-0.25, -0.2) is 0 Å². The molecule has 0 aliphatic carbocycles. The second kappa shape index (κ2) is 7.49. The Hall–Kier alpha value is -2.28. The second-order valence-corrected chi connectivity index (χ2v) is 5.06. The molecule has 0 bridgehead atoms. The highest BCUT2D eigenvalue weighted by atomic mass is 16.5. The quantitative estimate of drug-likeness (QED) is 0.609. The minimum Gasteiger partial charge on any atom is -0.497 e. The van der Waals surface area contributed by atoms with Gasteiger partial charge in [0.05, 0.1) is 7.11 Å². The van der Waals surface area contributed by atoms with Gasteiger partial charge in [0, 0.05) is 0 Å². The maximum atomic E-state index is 5.00. The van der Waals surface area contributed by atoms with Gasteiger partial charge in [0.2, 0.25) is 0 Å². The van der Waals surface area contributed by atoms with Crippen LogP contribution in [-0.2, 0) is 6.42 Å². The first-order valence-corrected chi connectivity index (χ1v) is 7.31. The molecule has 0 atom stereocenters. The molecule has 0 amide bonds. The Morgan fingerprint density at radius 3 is 2.19 bits per heavy atom. The van der Waals surface area contributed by atoms with Crippen molar-refractivity contribution in [3.63, 3.8) is 0 Å². The first-order chi connectivity index (χ1) is 10.2. The SMILES string of the molecule is CCc1ccc2ccccc2c1.COc1cccc(C)c1. The third kappa shape index (κ3) is 4.35. The maximum Gasteiger partial charge on any atom is 0.119 e. The molecule has 0 aliphatic rings. The molecule has 3 aromatic rings. The van der Waals surface area contributed by atoms with Crippen LogP contribution in [0.4, 0.5) is 0 Å². The van der Waals surface area contributed by atoms with Gasteiger partial charge in [-0.3, -0.25) is 0 Å². The molecule has 0 N–H and O–H groups in total. The van der Waals surface area contributed by atoms with E-state index in [1.807, 2.05) is 31.2 Å². The van der Waals surface area contributed by atoms with Gasteiger partial charge >= 0.3 is 0 Å². The molecule has 0 radical (unpaired) electrons. The Morgan fingerprint density at radius 2 is 1.57 bits per heavy atom. The monoisotopic (exact) mass is 278 g/mol. The van der Waals surface area contributed by atoms with E-state index in [-0.39, 0.29) is 0 Å². The van der Waals surface area contributed by atoms with Crippen LogP contribution >= 0.6 is 0 Å². The molecule has 0 unspecified atom stereocenters. The highest BCUT2D eigenvalue weighted by Gasteiger charge is 1.92. The van der Waals surface area contributed by atoms with Gasteiger partial charge in [-0.2, -0.15) is 0 Å². The first-order valence-electron chi connectivity index (χ1n) is 7.31. The molecule has 0 saturated carbocycles. The number of rotatable bonds is 2. The Morgan fingerprint density at radius 1 is 0.810 bits per heavy atom. The van der Waals surface area contributed by atoms with Gasteiger partial charge in [0.1, 0.15) is 5.75 Å². The molecule has 0 saturated heterocycles. The molecule has 1 nitrogen and oxygen atoms in total. The molecule has 3 rings (SSSR count). The van der Waals surface area contributed by atoms with Crippen LogP contribution in [-0.4, -0.2) is 7.11 Å². The number of ether oxygens (including phenoxy) is 1. The highest BCUT2D eigenvalue weighted by Crippen LogP contribution is 2.15. The van der Waals surface area contributed by atoms with Crippen LogP contribution in [0.2, 0.25) is 0 Å². The van der Waals surface area contributed by atoms with Crippen molar-refractivity contribution in [3.8, 4) is 5.75 Å². The van der Waals surface area contributed by atoms with Crippen molar-refractivity contribution >= 4 is 10.8 Å². The number of methoxy groups -OCH3 is 1. The van der Waals surface area contributed by atoms with E-state index < -0.39 is 0 Å². The molecule has 0 heterocycles. The lowest BCUT2D eigenvalue weighted by Crippen LogP contribution is -1.81. The largest absolute Gasteiger partial charge is 0.497 e. The summed E-state index contributed by atoms with van der Waals surface area (Å²) >= 11 is 0. The Labute approximate surface area is 127 Å². The van der Waals surface area contributed by atoms with Gasteiger partial charge in [-0.15, -0.1) is 0 Å². The predicted molar refractivity (Wildman–Crippen MR) is 91.1 cm³/mol. The number of benzene rings is 3. The Kier molecular flexibility index (Phi) is 5.39. The van der Waals surface area contributed by atoms with E-state index in [4.69, 9.17) is 4.74 Å². The van der Waals surface area contributed by atoms with Crippen LogP contribution in [0.25, 0.3) is 10.8 Å². The molecule has 108 valence electrons. The molecule has 21 heavy (non-hydrogen) atoms. The average molecular weight is 278 g/mol. The van der Waals surface area contributed by atoms with Crippen molar-refractivity contribution < 1.29 is 4.74 Å². The van der Waals surface area contributed by atoms with E-state index in [0.29, 0.717) is 0 Å². The predicted octanol–water partition coefficient (Wildman–Crippen LogP) is 5.41. The van der Waals surface area contributed by atoms with E-state index in [0.717, 1.165) is 12.2 Å². The zero-order valence-corrected chi connectivity index (χ0v) is 13.0. The summed E-state index contributed by atoms with van der Waals surface area (Å²) in [5.41, 5.74) is 2.64. The fourth-order valence-corrected chi connectivity index (χ4v) is 2.20. The van der Waals surface area contributed by atoms with Crippen LogP contribution in [0.3, 0.4) is 0 Å². The highest BCUT2D eigenvalue weighted by molar-refractivity contribution is 5.82. The summed E-state index contributed by atoms with van der Waals surface area (Å²) in [4.78, 5) is 0. The third-order valence-corrected chi connectivity index (χ3v) is 3.45. The lowest BCUT2D eigenvalue weighted by atomic mass is 10.1. The first kappa shape index (κ1) is 15.1. The zero-order chi connectivity index (χ0) is 15.1. The molecule has 0 spiro atoms. The number of hydrogen-bond acceptors (Lipinski definition) is 1. The lowest BCUT2D eigenvalue weighted by Gasteiger charge is -1.99. The Balaban J connectivity index is 0.000000161. The molecular formula is C20H22O. The third-order valence-electron chi connectivity index (χ3n) is 3.45. The van der Waals surface area contributed by atoms with Gasteiger partial charge in [0.25, 0.3) is 0 Å². The van der Waals surface area contributed by atoms with E-state index >= 15 is 0 Å². The van der Waals surface area contributed by atoms with E-state index in [1.165, 1.54) is 21.9 Å². The van der Waals surface area contributed by atoms with Crippen molar-refractivity contribution in [2.24, 2.45) is 0 Å². The number of fused-ring (bicyclic) bond motifs is 1. The second-order valence-electron chi connectivity index (χ2n) is 5.06. The normalized spacial score (nSPS) is 9.86. The van der Waals surface area contributed by atoms with Crippen molar-refractivity contribution in [1.82, 2.24) is 0 Å².